The van der Waals surface area contributed by atoms with Gasteiger partial charge in [0, 0.05) is 13.1 Å². The Labute approximate surface area is 207 Å². The third-order valence-corrected chi connectivity index (χ3v) is 5.86. The van der Waals surface area contributed by atoms with Gasteiger partial charge in [-0.25, -0.2) is 0 Å². The van der Waals surface area contributed by atoms with Crippen molar-refractivity contribution in [1.29, 1.82) is 0 Å². The van der Waals surface area contributed by atoms with E-state index in [0.29, 0.717) is 6.54 Å². The van der Waals surface area contributed by atoms with Crippen LogP contribution in [0.15, 0.2) is 48.5 Å². The van der Waals surface area contributed by atoms with E-state index in [0.717, 1.165) is 24.8 Å². The zero-order valence-electron chi connectivity index (χ0n) is 23.5. The summed E-state index contributed by atoms with van der Waals surface area (Å²) in [4.78, 5) is 0. The Bertz CT molecular complexity index is 634. The van der Waals surface area contributed by atoms with Crippen LogP contribution in [0, 0.1) is 18.8 Å². The molecule has 0 spiro atoms. The highest BCUT2D eigenvalue weighted by Gasteiger charge is 2.17. The van der Waals surface area contributed by atoms with Crippen molar-refractivity contribution in [1.82, 2.24) is 5.32 Å². The minimum Gasteiger partial charge on any atom is -0.326 e. The molecular weight excluding hydrogens is 400 g/mol. The van der Waals surface area contributed by atoms with Crippen molar-refractivity contribution < 1.29 is 0 Å². The Morgan fingerprint density at radius 2 is 1.24 bits per heavy atom. The van der Waals surface area contributed by atoms with Gasteiger partial charge < -0.3 is 11.1 Å². The van der Waals surface area contributed by atoms with Crippen molar-refractivity contribution in [3.8, 4) is 0 Å². The first kappa shape index (κ1) is 33.5. The summed E-state index contributed by atoms with van der Waals surface area (Å²) in [6.45, 7) is 21.6. The van der Waals surface area contributed by atoms with Crippen molar-refractivity contribution in [2.24, 2.45) is 17.6 Å². The van der Waals surface area contributed by atoms with Crippen molar-refractivity contribution in [3.63, 3.8) is 0 Å². The minimum absolute atomic E-state index is 0.657. The first-order valence-corrected chi connectivity index (χ1v) is 13.7. The predicted molar refractivity (Wildman–Crippen MR) is 152 cm³/mol. The maximum atomic E-state index is 5.53. The van der Waals surface area contributed by atoms with E-state index in [9.17, 15) is 0 Å². The van der Waals surface area contributed by atoms with Crippen molar-refractivity contribution in [3.05, 3.63) is 70.8 Å². The number of benzene rings is 2. The Morgan fingerprint density at radius 3 is 1.70 bits per heavy atom. The molecule has 2 aromatic rings. The molecule has 2 nitrogen and oxygen atoms in total. The molecule has 0 amide bonds. The summed E-state index contributed by atoms with van der Waals surface area (Å²) in [7, 11) is 0. The van der Waals surface area contributed by atoms with Gasteiger partial charge in [0.2, 0.25) is 0 Å². The molecule has 1 saturated carbocycles. The van der Waals surface area contributed by atoms with Gasteiger partial charge >= 0.3 is 0 Å². The maximum absolute atomic E-state index is 5.53. The third-order valence-electron chi connectivity index (χ3n) is 5.86. The lowest BCUT2D eigenvalue weighted by molar-refractivity contribution is 0.281. The van der Waals surface area contributed by atoms with Crippen LogP contribution in [0.25, 0.3) is 0 Å². The minimum atomic E-state index is 0.657. The molecule has 0 unspecified atom stereocenters. The fraction of sp³-hybridized carbons (Fsp3) is 0.613. The van der Waals surface area contributed by atoms with E-state index in [-0.39, 0.29) is 0 Å². The number of nitrogens with one attached hydrogen (secondary N) is 1. The lowest BCUT2D eigenvalue weighted by Crippen LogP contribution is -2.25. The van der Waals surface area contributed by atoms with Crippen LogP contribution in [0.5, 0.6) is 0 Å². The van der Waals surface area contributed by atoms with Crippen LogP contribution in [-0.2, 0) is 19.5 Å². The summed E-state index contributed by atoms with van der Waals surface area (Å²) in [5, 5.41) is 3.63. The van der Waals surface area contributed by atoms with E-state index >= 15 is 0 Å². The summed E-state index contributed by atoms with van der Waals surface area (Å²) < 4.78 is 0. The molecule has 0 radical (unpaired) electrons. The van der Waals surface area contributed by atoms with E-state index in [2.05, 4.69) is 68.6 Å². The highest BCUT2D eigenvalue weighted by atomic mass is 14.9. The molecule has 2 aromatic carbocycles. The highest BCUT2D eigenvalue weighted by Crippen LogP contribution is 2.27. The summed E-state index contributed by atoms with van der Waals surface area (Å²) >= 11 is 0. The van der Waals surface area contributed by atoms with Gasteiger partial charge in [-0.2, -0.15) is 0 Å². The molecule has 3 N–H and O–H groups in total. The second-order valence-corrected chi connectivity index (χ2v) is 8.01. The quantitative estimate of drug-likeness (QED) is 0.456. The molecule has 1 aliphatic carbocycles. The number of aryl methyl sites for hydroxylation is 2. The third kappa shape index (κ3) is 15.0. The summed E-state index contributed by atoms with van der Waals surface area (Å²) in [6, 6.07) is 17.0. The number of hydrogen-bond donors (Lipinski definition) is 2. The number of hydrogen-bond acceptors (Lipinski definition) is 2. The van der Waals surface area contributed by atoms with E-state index in [1.165, 1.54) is 54.5 Å². The molecule has 1 fully saturated rings. The Kier molecular flexibility index (Phi) is 23.9. The van der Waals surface area contributed by atoms with Crippen LogP contribution in [0.4, 0.5) is 0 Å². The zero-order valence-corrected chi connectivity index (χ0v) is 23.5. The standard InChI is InChI=1S/C16H25N.C9H13N.3C2H6/c1-13-7-9-15(10-8-13)11-17-12-16-6-4-3-5-14(16)2;1-2-8-5-3-4-6-9(8)7-10;3*1-2/h3-6,13,15,17H,7-12H2,1-2H3;3-6H,2,7,10H2,1H3;3*1-2H3. The van der Waals surface area contributed by atoms with E-state index < -0.39 is 0 Å². The Hall–Kier alpha value is -1.64. The first-order chi connectivity index (χ1) is 16.1. The molecular formula is C31H56N2. The molecule has 0 aromatic heterocycles. The summed E-state index contributed by atoms with van der Waals surface area (Å²) in [6.07, 6.45) is 6.77. The maximum Gasteiger partial charge on any atom is 0.0208 e. The Balaban J connectivity index is 0. The average molecular weight is 457 g/mol. The van der Waals surface area contributed by atoms with Crippen LogP contribution in [-0.4, -0.2) is 6.54 Å². The van der Waals surface area contributed by atoms with Crippen LogP contribution < -0.4 is 11.1 Å². The van der Waals surface area contributed by atoms with Crippen LogP contribution in [0.1, 0.15) is 103 Å². The monoisotopic (exact) mass is 456 g/mol. The van der Waals surface area contributed by atoms with E-state index in [4.69, 9.17) is 5.73 Å². The lowest BCUT2D eigenvalue weighted by atomic mass is 9.83. The predicted octanol–water partition coefficient (Wildman–Crippen LogP) is 8.70. The number of rotatable bonds is 6. The molecule has 0 atom stereocenters. The first-order valence-electron chi connectivity index (χ1n) is 13.7. The molecule has 0 heterocycles. The van der Waals surface area contributed by atoms with Gasteiger partial charge in [-0.1, -0.05) is 117 Å². The fourth-order valence-electron chi connectivity index (χ4n) is 3.85. The van der Waals surface area contributed by atoms with Gasteiger partial charge in [0.05, 0.1) is 0 Å². The molecule has 0 bridgehead atoms. The molecule has 1 aliphatic rings. The molecule has 33 heavy (non-hydrogen) atoms. The Morgan fingerprint density at radius 1 is 0.758 bits per heavy atom. The molecule has 0 saturated heterocycles. The van der Waals surface area contributed by atoms with E-state index in [1.807, 2.05) is 47.6 Å². The van der Waals surface area contributed by atoms with Crippen LogP contribution in [0.2, 0.25) is 0 Å². The van der Waals surface area contributed by atoms with E-state index in [1.54, 1.807) is 0 Å². The van der Waals surface area contributed by atoms with Gasteiger partial charge in [0.1, 0.15) is 0 Å². The fourth-order valence-corrected chi connectivity index (χ4v) is 3.85. The van der Waals surface area contributed by atoms with Crippen molar-refractivity contribution in [2.45, 2.75) is 108 Å². The lowest BCUT2D eigenvalue weighted by Gasteiger charge is -2.26. The van der Waals surface area contributed by atoms with Gasteiger partial charge in [0.25, 0.3) is 0 Å². The second-order valence-electron chi connectivity index (χ2n) is 8.01. The second kappa shape index (κ2) is 23.5. The smallest absolute Gasteiger partial charge is 0.0208 e. The zero-order chi connectivity index (χ0) is 25.5. The number of nitrogens with two attached hydrogens (primary N) is 1. The molecule has 0 aliphatic heterocycles. The summed E-state index contributed by atoms with van der Waals surface area (Å²) in [5.41, 5.74) is 11.0. The average Bonchev–Trinajstić information content (AvgIpc) is 2.90. The van der Waals surface area contributed by atoms with Gasteiger partial charge in [-0.15, -0.1) is 0 Å². The van der Waals surface area contributed by atoms with Crippen molar-refractivity contribution >= 4 is 0 Å². The van der Waals surface area contributed by atoms with Crippen molar-refractivity contribution in [2.75, 3.05) is 6.54 Å². The summed E-state index contributed by atoms with van der Waals surface area (Å²) in [5.74, 6) is 1.87. The largest absolute Gasteiger partial charge is 0.326 e. The molecule has 190 valence electrons. The molecule has 2 heteroatoms. The van der Waals surface area contributed by atoms with Crippen LogP contribution in [0.3, 0.4) is 0 Å². The SMILES string of the molecule is CC.CC.CC.CCc1ccccc1CN.Cc1ccccc1CNCC1CCC(C)CC1. The topological polar surface area (TPSA) is 38.0 Å². The van der Waals surface area contributed by atoms with Gasteiger partial charge in [-0.05, 0) is 66.8 Å². The highest BCUT2D eigenvalue weighted by molar-refractivity contribution is 5.26. The van der Waals surface area contributed by atoms with Crippen LogP contribution >= 0.6 is 0 Å². The van der Waals surface area contributed by atoms with Gasteiger partial charge in [0.15, 0.2) is 0 Å². The normalized spacial score (nSPS) is 16.3. The van der Waals surface area contributed by atoms with Gasteiger partial charge in [-0.3, -0.25) is 0 Å². The molecule has 3 rings (SSSR count).